The molecule has 4 N–H and O–H groups in total. The summed E-state index contributed by atoms with van der Waals surface area (Å²) < 4.78 is 0. The fourth-order valence-corrected chi connectivity index (χ4v) is 1.98. The predicted octanol–water partition coefficient (Wildman–Crippen LogP) is -0.153. The zero-order valence-electron chi connectivity index (χ0n) is 9.26. The zero-order valence-corrected chi connectivity index (χ0v) is 9.26. The highest BCUT2D eigenvalue weighted by atomic mass is 16.1. The number of carbonyl (C=O) groups excluding carboxylic acids is 1. The van der Waals surface area contributed by atoms with Gasteiger partial charge in [0, 0.05) is 19.3 Å². The van der Waals surface area contributed by atoms with Crippen LogP contribution in [0, 0.1) is 17.2 Å². The molecule has 0 saturated carbocycles. The number of rotatable bonds is 2. The molecule has 2 rings (SSSR count). The van der Waals surface area contributed by atoms with E-state index in [1.165, 1.54) is 6.20 Å². The van der Waals surface area contributed by atoms with Gasteiger partial charge in [-0.25, -0.2) is 4.98 Å². The number of aromatic nitrogens is 1. The van der Waals surface area contributed by atoms with E-state index in [2.05, 4.69) is 4.98 Å². The van der Waals surface area contributed by atoms with Crippen LogP contribution in [0.2, 0.25) is 0 Å². The standard InChI is InChI=1S/C11H13N5O/c12-4-7-3-9(13)11(15-5-7)16-2-1-8(6-16)10(14)17/h3,5,8H,1-2,6,13H2,(H2,14,17). The first kappa shape index (κ1) is 11.2. The molecular formula is C11H13N5O. The summed E-state index contributed by atoms with van der Waals surface area (Å²) in [5.41, 5.74) is 12.0. The molecule has 0 aliphatic carbocycles. The van der Waals surface area contributed by atoms with Gasteiger partial charge in [0.2, 0.25) is 5.91 Å². The van der Waals surface area contributed by atoms with Crippen molar-refractivity contribution in [3.63, 3.8) is 0 Å². The molecule has 1 aromatic rings. The first-order chi connectivity index (χ1) is 8.11. The molecule has 1 atom stereocenters. The highest BCUT2D eigenvalue weighted by Crippen LogP contribution is 2.26. The summed E-state index contributed by atoms with van der Waals surface area (Å²) in [6.45, 7) is 1.25. The number of nitrogens with two attached hydrogens (primary N) is 2. The van der Waals surface area contributed by atoms with Gasteiger partial charge in [-0.2, -0.15) is 5.26 Å². The smallest absolute Gasteiger partial charge is 0.222 e. The van der Waals surface area contributed by atoms with Crippen LogP contribution < -0.4 is 16.4 Å². The second-order valence-corrected chi connectivity index (χ2v) is 4.08. The third-order valence-corrected chi connectivity index (χ3v) is 2.91. The Bertz CT molecular complexity index is 493. The van der Waals surface area contributed by atoms with E-state index in [0.717, 1.165) is 6.42 Å². The molecule has 2 heterocycles. The Balaban J connectivity index is 2.20. The average Bonchev–Trinajstić information content (AvgIpc) is 2.78. The van der Waals surface area contributed by atoms with E-state index in [4.69, 9.17) is 16.7 Å². The van der Waals surface area contributed by atoms with Crippen LogP contribution >= 0.6 is 0 Å². The second-order valence-electron chi connectivity index (χ2n) is 4.08. The van der Waals surface area contributed by atoms with Gasteiger partial charge in [0.1, 0.15) is 6.07 Å². The summed E-state index contributed by atoms with van der Waals surface area (Å²) in [4.78, 5) is 17.1. The van der Waals surface area contributed by atoms with Crippen LogP contribution in [0.3, 0.4) is 0 Å². The van der Waals surface area contributed by atoms with Crippen molar-refractivity contribution in [2.75, 3.05) is 23.7 Å². The lowest BCUT2D eigenvalue weighted by atomic mass is 10.1. The van der Waals surface area contributed by atoms with Crippen molar-refractivity contribution in [2.24, 2.45) is 11.7 Å². The predicted molar refractivity (Wildman–Crippen MR) is 62.9 cm³/mol. The maximum absolute atomic E-state index is 11.1. The molecule has 0 aromatic carbocycles. The molecule has 1 fully saturated rings. The van der Waals surface area contributed by atoms with Crippen LogP contribution in [0.15, 0.2) is 12.3 Å². The molecule has 1 aliphatic rings. The van der Waals surface area contributed by atoms with Crippen LogP contribution in [0.25, 0.3) is 0 Å². The molecule has 6 nitrogen and oxygen atoms in total. The summed E-state index contributed by atoms with van der Waals surface area (Å²) >= 11 is 0. The maximum atomic E-state index is 11.1. The zero-order chi connectivity index (χ0) is 12.4. The summed E-state index contributed by atoms with van der Waals surface area (Å²) in [6, 6.07) is 3.56. The van der Waals surface area contributed by atoms with Gasteiger partial charge in [-0.3, -0.25) is 4.79 Å². The Morgan fingerprint density at radius 1 is 1.65 bits per heavy atom. The van der Waals surface area contributed by atoms with Crippen molar-refractivity contribution in [1.29, 1.82) is 5.26 Å². The van der Waals surface area contributed by atoms with Gasteiger partial charge in [0.05, 0.1) is 17.2 Å². The Kier molecular flexibility index (Phi) is 2.83. The molecular weight excluding hydrogens is 218 g/mol. The van der Waals surface area contributed by atoms with Crippen molar-refractivity contribution < 1.29 is 4.79 Å². The molecule has 17 heavy (non-hydrogen) atoms. The van der Waals surface area contributed by atoms with Crippen LogP contribution in [-0.2, 0) is 4.79 Å². The first-order valence-corrected chi connectivity index (χ1v) is 5.31. The lowest BCUT2D eigenvalue weighted by molar-refractivity contribution is -0.121. The first-order valence-electron chi connectivity index (χ1n) is 5.31. The third-order valence-electron chi connectivity index (χ3n) is 2.91. The number of carbonyl (C=O) groups is 1. The third kappa shape index (κ3) is 2.13. The van der Waals surface area contributed by atoms with E-state index < -0.39 is 0 Å². The minimum Gasteiger partial charge on any atom is -0.396 e. The highest BCUT2D eigenvalue weighted by Gasteiger charge is 2.28. The number of hydrogen-bond acceptors (Lipinski definition) is 5. The molecule has 0 radical (unpaired) electrons. The molecule has 0 bridgehead atoms. The van der Waals surface area contributed by atoms with Crippen molar-refractivity contribution >= 4 is 17.4 Å². The molecule has 6 heteroatoms. The van der Waals surface area contributed by atoms with Crippen molar-refractivity contribution in [3.8, 4) is 6.07 Å². The number of nitrogens with zero attached hydrogens (tertiary/aromatic N) is 3. The number of amides is 1. The molecule has 1 aromatic heterocycles. The summed E-state index contributed by atoms with van der Waals surface area (Å²) in [7, 11) is 0. The molecule has 1 unspecified atom stereocenters. The van der Waals surface area contributed by atoms with E-state index in [1.54, 1.807) is 6.07 Å². The van der Waals surface area contributed by atoms with Gasteiger partial charge in [0.15, 0.2) is 5.82 Å². The van der Waals surface area contributed by atoms with Crippen LogP contribution in [0.5, 0.6) is 0 Å². The van der Waals surface area contributed by atoms with Crippen molar-refractivity contribution in [2.45, 2.75) is 6.42 Å². The topological polar surface area (TPSA) is 109 Å². The minimum atomic E-state index is -0.292. The Hall–Kier alpha value is -2.29. The Morgan fingerprint density at radius 2 is 2.41 bits per heavy atom. The van der Waals surface area contributed by atoms with Gasteiger partial charge in [-0.15, -0.1) is 0 Å². The Labute approximate surface area is 98.8 Å². The largest absolute Gasteiger partial charge is 0.396 e. The number of nitrogen functional groups attached to an aromatic ring is 1. The van der Waals surface area contributed by atoms with Crippen molar-refractivity contribution in [3.05, 3.63) is 17.8 Å². The maximum Gasteiger partial charge on any atom is 0.222 e. The van der Waals surface area contributed by atoms with E-state index in [1.807, 2.05) is 11.0 Å². The van der Waals surface area contributed by atoms with Crippen LogP contribution in [0.1, 0.15) is 12.0 Å². The highest BCUT2D eigenvalue weighted by molar-refractivity contribution is 5.78. The monoisotopic (exact) mass is 231 g/mol. The molecule has 1 aliphatic heterocycles. The van der Waals surface area contributed by atoms with Gasteiger partial charge in [-0.1, -0.05) is 0 Å². The quantitative estimate of drug-likeness (QED) is 0.735. The van der Waals surface area contributed by atoms with E-state index in [9.17, 15) is 4.79 Å². The molecule has 1 amide bonds. The van der Waals surface area contributed by atoms with Gasteiger partial charge in [-0.05, 0) is 12.5 Å². The number of hydrogen-bond donors (Lipinski definition) is 2. The summed E-state index contributed by atoms with van der Waals surface area (Å²) in [5, 5.41) is 8.71. The number of pyridine rings is 1. The summed E-state index contributed by atoms with van der Waals surface area (Å²) in [6.07, 6.45) is 2.19. The molecule has 1 saturated heterocycles. The van der Waals surface area contributed by atoms with Crippen LogP contribution in [0.4, 0.5) is 11.5 Å². The lowest BCUT2D eigenvalue weighted by Gasteiger charge is -2.18. The molecule has 0 spiro atoms. The summed E-state index contributed by atoms with van der Waals surface area (Å²) in [5.74, 6) is 0.180. The average molecular weight is 231 g/mol. The van der Waals surface area contributed by atoms with E-state index >= 15 is 0 Å². The van der Waals surface area contributed by atoms with E-state index in [0.29, 0.717) is 30.2 Å². The molecule has 88 valence electrons. The van der Waals surface area contributed by atoms with Crippen molar-refractivity contribution in [1.82, 2.24) is 4.98 Å². The minimum absolute atomic E-state index is 0.146. The van der Waals surface area contributed by atoms with E-state index in [-0.39, 0.29) is 11.8 Å². The number of primary amides is 1. The fraction of sp³-hybridized carbons (Fsp3) is 0.364. The lowest BCUT2D eigenvalue weighted by Crippen LogP contribution is -2.28. The number of anilines is 2. The fourth-order valence-electron chi connectivity index (χ4n) is 1.98. The van der Waals surface area contributed by atoms with Gasteiger partial charge >= 0.3 is 0 Å². The van der Waals surface area contributed by atoms with Crippen LogP contribution in [-0.4, -0.2) is 24.0 Å². The number of nitriles is 1. The van der Waals surface area contributed by atoms with Gasteiger partial charge < -0.3 is 16.4 Å². The second kappa shape index (κ2) is 4.29. The SMILES string of the molecule is N#Cc1cnc(N2CCC(C(N)=O)C2)c(N)c1. The van der Waals surface area contributed by atoms with Gasteiger partial charge in [0.25, 0.3) is 0 Å². The normalized spacial score (nSPS) is 19.0. The Morgan fingerprint density at radius 3 is 2.94 bits per heavy atom.